The molecule has 3 aromatic carbocycles. The highest BCUT2D eigenvalue weighted by atomic mass is 35.5. The van der Waals surface area contributed by atoms with Crippen molar-refractivity contribution in [2.45, 2.75) is 16.7 Å². The number of nitrogens with zero attached hydrogens (tertiary/aromatic N) is 3. The minimum absolute atomic E-state index is 0.0232. The van der Waals surface area contributed by atoms with Crippen molar-refractivity contribution < 1.29 is 9.59 Å². The fourth-order valence-electron chi connectivity index (χ4n) is 4.36. The molecule has 3 amide bonds. The van der Waals surface area contributed by atoms with Crippen LogP contribution in [0.4, 0.5) is 21.9 Å². The third-order valence-electron chi connectivity index (χ3n) is 6.14. The molecule has 0 spiro atoms. The van der Waals surface area contributed by atoms with E-state index in [0.717, 1.165) is 34.3 Å². The lowest BCUT2D eigenvalue weighted by Crippen LogP contribution is -2.50. The van der Waals surface area contributed by atoms with E-state index < -0.39 is 0 Å². The molecule has 0 radical (unpaired) electrons. The van der Waals surface area contributed by atoms with Crippen LogP contribution < -0.4 is 15.1 Å². The van der Waals surface area contributed by atoms with Crippen molar-refractivity contribution in [2.75, 3.05) is 47.8 Å². The van der Waals surface area contributed by atoms with E-state index in [1.165, 1.54) is 0 Å². The molecule has 2 heterocycles. The first-order chi connectivity index (χ1) is 16.5. The number of amides is 3. The molecule has 3 aromatic rings. The van der Waals surface area contributed by atoms with Gasteiger partial charge in [0.2, 0.25) is 0 Å². The van der Waals surface area contributed by atoms with Crippen molar-refractivity contribution in [1.29, 1.82) is 0 Å². The van der Waals surface area contributed by atoms with Gasteiger partial charge in [-0.15, -0.1) is 0 Å². The molecule has 0 aliphatic carbocycles. The number of benzene rings is 3. The summed E-state index contributed by atoms with van der Waals surface area (Å²) in [4.78, 5) is 33.9. The zero-order valence-electron chi connectivity index (χ0n) is 18.8. The van der Waals surface area contributed by atoms with E-state index in [1.807, 2.05) is 78.6 Å². The molecule has 1 saturated heterocycles. The highest BCUT2D eigenvalue weighted by Gasteiger charge is 2.27. The number of carbonyl (C=O) groups excluding carboxylic acids is 2. The van der Waals surface area contributed by atoms with Crippen LogP contribution in [0.3, 0.4) is 0 Å². The van der Waals surface area contributed by atoms with Crippen LogP contribution in [0.2, 0.25) is 5.02 Å². The molecule has 1 fully saturated rings. The second kappa shape index (κ2) is 9.60. The maximum absolute atomic E-state index is 13.2. The van der Waals surface area contributed by atoms with E-state index in [2.05, 4.69) is 10.2 Å². The molecular formula is C26H25ClN4O2S. The molecule has 0 unspecified atom stereocenters. The first-order valence-corrected chi connectivity index (χ1v) is 12.5. The van der Waals surface area contributed by atoms with Crippen molar-refractivity contribution in [2.24, 2.45) is 0 Å². The molecule has 0 atom stereocenters. The summed E-state index contributed by atoms with van der Waals surface area (Å²) in [6, 6.07) is 21.1. The Kier molecular flexibility index (Phi) is 6.39. The second-order valence-electron chi connectivity index (χ2n) is 8.21. The first kappa shape index (κ1) is 22.6. The van der Waals surface area contributed by atoms with Gasteiger partial charge < -0.3 is 20.0 Å². The van der Waals surface area contributed by atoms with E-state index >= 15 is 0 Å². The zero-order valence-corrected chi connectivity index (χ0v) is 20.4. The molecule has 174 valence electrons. The summed E-state index contributed by atoms with van der Waals surface area (Å²) in [6.07, 6.45) is 0. The predicted molar refractivity (Wildman–Crippen MR) is 139 cm³/mol. The Morgan fingerprint density at radius 2 is 1.76 bits per heavy atom. The number of piperazine rings is 1. The van der Waals surface area contributed by atoms with Gasteiger partial charge in [0.25, 0.3) is 5.91 Å². The lowest BCUT2D eigenvalue weighted by atomic mass is 10.1. The van der Waals surface area contributed by atoms with Crippen molar-refractivity contribution in [1.82, 2.24) is 4.90 Å². The Hall–Kier alpha value is -3.16. The van der Waals surface area contributed by atoms with Gasteiger partial charge in [-0.3, -0.25) is 4.79 Å². The number of carbonyl (C=O) groups is 2. The molecule has 6 nitrogen and oxygen atoms in total. The smallest absolute Gasteiger partial charge is 0.321 e. The first-order valence-electron chi connectivity index (χ1n) is 11.3. The summed E-state index contributed by atoms with van der Waals surface area (Å²) in [5, 5.41) is 3.74. The van der Waals surface area contributed by atoms with Gasteiger partial charge in [0.15, 0.2) is 0 Å². The van der Waals surface area contributed by atoms with Crippen LogP contribution in [0.5, 0.6) is 0 Å². The topological polar surface area (TPSA) is 55.9 Å². The Bertz CT molecular complexity index is 1240. The molecule has 5 rings (SSSR count). The van der Waals surface area contributed by atoms with E-state index in [-0.39, 0.29) is 11.9 Å². The second-order valence-corrected chi connectivity index (χ2v) is 9.73. The standard InChI is InChI=1S/C26H25ClN4O2S/c1-2-31-22-17-19(10-11-24(22)34-23-9-4-3-8-21(23)25(31)32)28-26(33)30-14-12-29(13-15-30)20-7-5-6-18(27)16-20/h3-11,16-17H,2,12-15H2,1H3,(H,28,33). The van der Waals surface area contributed by atoms with Gasteiger partial charge in [-0.1, -0.05) is 41.6 Å². The molecule has 0 saturated carbocycles. The van der Waals surface area contributed by atoms with E-state index in [9.17, 15) is 9.59 Å². The molecule has 1 N–H and O–H groups in total. The minimum Gasteiger partial charge on any atom is -0.368 e. The van der Waals surface area contributed by atoms with Crippen LogP contribution in [0.25, 0.3) is 0 Å². The molecule has 2 aliphatic heterocycles. The number of nitrogens with one attached hydrogen (secondary N) is 1. The summed E-state index contributed by atoms with van der Waals surface area (Å²) in [6.45, 7) is 5.23. The number of hydrogen-bond donors (Lipinski definition) is 1. The van der Waals surface area contributed by atoms with Gasteiger partial charge in [-0.05, 0) is 55.5 Å². The van der Waals surface area contributed by atoms with Crippen LogP contribution in [0.1, 0.15) is 17.3 Å². The summed E-state index contributed by atoms with van der Waals surface area (Å²) < 4.78 is 0. The molecule has 0 bridgehead atoms. The number of urea groups is 1. The third kappa shape index (κ3) is 4.45. The van der Waals surface area contributed by atoms with Gasteiger partial charge in [-0.2, -0.15) is 0 Å². The van der Waals surface area contributed by atoms with Crippen LogP contribution in [0.15, 0.2) is 76.5 Å². The largest absolute Gasteiger partial charge is 0.368 e. The molecule has 2 aliphatic rings. The number of hydrogen-bond acceptors (Lipinski definition) is 4. The van der Waals surface area contributed by atoms with E-state index in [1.54, 1.807) is 16.7 Å². The monoisotopic (exact) mass is 492 g/mol. The van der Waals surface area contributed by atoms with Gasteiger partial charge in [0.1, 0.15) is 0 Å². The fourth-order valence-corrected chi connectivity index (χ4v) is 5.60. The van der Waals surface area contributed by atoms with Crippen molar-refractivity contribution in [3.05, 3.63) is 77.3 Å². The van der Waals surface area contributed by atoms with E-state index in [4.69, 9.17) is 11.6 Å². The van der Waals surface area contributed by atoms with Gasteiger partial charge in [-0.25, -0.2) is 4.79 Å². The van der Waals surface area contributed by atoms with Crippen LogP contribution >= 0.6 is 23.4 Å². The SMILES string of the molecule is CCN1C(=O)c2ccccc2Sc2ccc(NC(=O)N3CCN(c4cccc(Cl)c4)CC3)cc21. The summed E-state index contributed by atoms with van der Waals surface area (Å²) in [5.41, 5.74) is 3.27. The van der Waals surface area contributed by atoms with Crippen LogP contribution in [-0.4, -0.2) is 49.6 Å². The van der Waals surface area contributed by atoms with Gasteiger partial charge >= 0.3 is 6.03 Å². The average molecular weight is 493 g/mol. The Balaban J connectivity index is 1.29. The fraction of sp³-hybridized carbons (Fsp3) is 0.231. The third-order valence-corrected chi connectivity index (χ3v) is 7.52. The minimum atomic E-state index is -0.135. The maximum atomic E-state index is 13.2. The lowest BCUT2D eigenvalue weighted by molar-refractivity contribution is 0.0985. The van der Waals surface area contributed by atoms with Crippen LogP contribution in [-0.2, 0) is 0 Å². The predicted octanol–water partition coefficient (Wildman–Crippen LogP) is 5.83. The summed E-state index contributed by atoms with van der Waals surface area (Å²) >= 11 is 7.70. The van der Waals surface area contributed by atoms with Crippen molar-refractivity contribution in [3.63, 3.8) is 0 Å². The van der Waals surface area contributed by atoms with Crippen molar-refractivity contribution >= 4 is 52.4 Å². The molecule has 8 heteroatoms. The normalized spacial score (nSPS) is 15.5. The number of fused-ring (bicyclic) bond motifs is 2. The Morgan fingerprint density at radius 1 is 0.971 bits per heavy atom. The average Bonchev–Trinajstić information content (AvgIpc) is 2.97. The molecule has 34 heavy (non-hydrogen) atoms. The highest BCUT2D eigenvalue weighted by Crippen LogP contribution is 2.42. The highest BCUT2D eigenvalue weighted by molar-refractivity contribution is 7.99. The van der Waals surface area contributed by atoms with Crippen molar-refractivity contribution in [3.8, 4) is 0 Å². The molecular weight excluding hydrogens is 468 g/mol. The summed E-state index contributed by atoms with van der Waals surface area (Å²) in [7, 11) is 0. The molecule has 0 aromatic heterocycles. The van der Waals surface area contributed by atoms with Gasteiger partial charge in [0, 0.05) is 58.9 Å². The van der Waals surface area contributed by atoms with Gasteiger partial charge in [0.05, 0.1) is 11.3 Å². The van der Waals surface area contributed by atoms with Crippen LogP contribution in [0, 0.1) is 0 Å². The van der Waals surface area contributed by atoms with E-state index in [0.29, 0.717) is 35.9 Å². The zero-order chi connectivity index (χ0) is 23.7. The Morgan fingerprint density at radius 3 is 2.53 bits per heavy atom. The number of anilines is 3. The number of halogens is 1. The maximum Gasteiger partial charge on any atom is 0.321 e. The number of rotatable bonds is 3. The summed E-state index contributed by atoms with van der Waals surface area (Å²) in [5.74, 6) is -0.0232. The quantitative estimate of drug-likeness (QED) is 0.500. The Labute approximate surface area is 208 Å². The lowest BCUT2D eigenvalue weighted by Gasteiger charge is -2.36.